The van der Waals surface area contributed by atoms with Crippen molar-refractivity contribution in [1.82, 2.24) is 4.90 Å². The molecule has 0 aliphatic heterocycles. The molecule has 0 heterocycles. The van der Waals surface area contributed by atoms with E-state index in [-0.39, 0.29) is 6.04 Å². The number of benzene rings is 1. The first-order chi connectivity index (χ1) is 8.63. The maximum Gasteiger partial charge on any atom is 0.0589 e. The molecule has 1 atom stereocenters. The molecule has 4 heteroatoms. The van der Waals surface area contributed by atoms with Gasteiger partial charge in [0.2, 0.25) is 0 Å². The van der Waals surface area contributed by atoms with E-state index in [0.29, 0.717) is 6.54 Å². The van der Waals surface area contributed by atoms with Crippen molar-refractivity contribution in [2.75, 3.05) is 33.4 Å². The Kier molecular flexibility index (Phi) is 6.65. The van der Waals surface area contributed by atoms with Gasteiger partial charge >= 0.3 is 0 Å². The number of methoxy groups -OCH3 is 1. The maximum absolute atomic E-state index is 6.00. The van der Waals surface area contributed by atoms with Crippen molar-refractivity contribution >= 4 is 11.6 Å². The Hall–Kier alpha value is -0.610. The molecule has 1 aromatic rings. The van der Waals surface area contributed by atoms with Gasteiger partial charge in [-0.25, -0.2) is 0 Å². The number of likely N-dealkylation sites (N-methyl/N-ethyl adjacent to an activating group) is 1. The summed E-state index contributed by atoms with van der Waals surface area (Å²) in [6.07, 6.45) is 0. The lowest BCUT2D eigenvalue weighted by Crippen LogP contribution is -2.36. The number of nitrogens with zero attached hydrogens (tertiary/aromatic N) is 1. The first-order valence-electron chi connectivity index (χ1n) is 6.33. The van der Waals surface area contributed by atoms with Crippen LogP contribution in [0.4, 0.5) is 0 Å². The van der Waals surface area contributed by atoms with E-state index in [1.165, 1.54) is 11.1 Å². The van der Waals surface area contributed by atoms with E-state index in [1.807, 2.05) is 12.1 Å². The van der Waals surface area contributed by atoms with Crippen LogP contribution >= 0.6 is 11.6 Å². The molecule has 1 rings (SSSR count). The minimum Gasteiger partial charge on any atom is -0.383 e. The summed E-state index contributed by atoms with van der Waals surface area (Å²) >= 11 is 6.00. The van der Waals surface area contributed by atoms with E-state index < -0.39 is 0 Å². The molecular weight excluding hydrogens is 248 g/mol. The molecule has 0 radical (unpaired) electrons. The Bertz CT molecular complexity index is 371. The monoisotopic (exact) mass is 270 g/mol. The van der Waals surface area contributed by atoms with Crippen molar-refractivity contribution in [3.63, 3.8) is 0 Å². The topological polar surface area (TPSA) is 38.5 Å². The van der Waals surface area contributed by atoms with Gasteiger partial charge in [-0.05, 0) is 36.7 Å². The van der Waals surface area contributed by atoms with Crippen molar-refractivity contribution in [3.05, 3.63) is 34.3 Å². The number of nitrogens with two attached hydrogens (primary N) is 1. The van der Waals surface area contributed by atoms with Crippen molar-refractivity contribution in [3.8, 4) is 0 Å². The predicted molar refractivity (Wildman–Crippen MR) is 77.1 cm³/mol. The predicted octanol–water partition coefficient (Wildman–Crippen LogP) is 2.62. The van der Waals surface area contributed by atoms with E-state index >= 15 is 0 Å². The highest BCUT2D eigenvalue weighted by atomic mass is 35.5. The summed E-state index contributed by atoms with van der Waals surface area (Å²) in [5.41, 5.74) is 8.38. The molecule has 2 N–H and O–H groups in total. The van der Waals surface area contributed by atoms with Gasteiger partial charge in [0.05, 0.1) is 6.61 Å². The second-order valence-electron chi connectivity index (χ2n) is 4.37. The van der Waals surface area contributed by atoms with Crippen LogP contribution in [0.2, 0.25) is 5.02 Å². The van der Waals surface area contributed by atoms with Gasteiger partial charge < -0.3 is 10.5 Å². The standard InChI is InChI=1S/C14H23ClN2O/c1-4-17(7-8-18-3)14(10-16)13-6-5-12(15)9-11(13)2/h5-6,9,14H,4,7-8,10,16H2,1-3H3. The van der Waals surface area contributed by atoms with E-state index in [4.69, 9.17) is 22.1 Å². The van der Waals surface area contributed by atoms with Gasteiger partial charge in [0, 0.05) is 31.3 Å². The number of aryl methyl sites for hydroxylation is 1. The molecule has 3 nitrogen and oxygen atoms in total. The summed E-state index contributed by atoms with van der Waals surface area (Å²) in [4.78, 5) is 2.33. The second-order valence-corrected chi connectivity index (χ2v) is 4.81. The Morgan fingerprint density at radius 2 is 2.17 bits per heavy atom. The summed E-state index contributed by atoms with van der Waals surface area (Å²) in [6, 6.07) is 6.22. The normalized spacial score (nSPS) is 13.0. The van der Waals surface area contributed by atoms with Gasteiger partial charge in [-0.15, -0.1) is 0 Å². The first-order valence-corrected chi connectivity index (χ1v) is 6.70. The van der Waals surface area contributed by atoms with Crippen molar-refractivity contribution in [2.45, 2.75) is 19.9 Å². The fraction of sp³-hybridized carbons (Fsp3) is 0.571. The quantitative estimate of drug-likeness (QED) is 0.828. The van der Waals surface area contributed by atoms with Gasteiger partial charge in [-0.1, -0.05) is 24.6 Å². The number of hydrogen-bond acceptors (Lipinski definition) is 3. The second kappa shape index (κ2) is 7.74. The van der Waals surface area contributed by atoms with Gasteiger partial charge in [-0.2, -0.15) is 0 Å². The first kappa shape index (κ1) is 15.4. The molecule has 0 aliphatic rings. The average Bonchev–Trinajstić information content (AvgIpc) is 2.36. The molecule has 1 aromatic carbocycles. The van der Waals surface area contributed by atoms with E-state index in [1.54, 1.807) is 7.11 Å². The minimum absolute atomic E-state index is 0.224. The summed E-state index contributed by atoms with van der Waals surface area (Å²) in [7, 11) is 1.72. The third-order valence-corrected chi connectivity index (χ3v) is 3.48. The molecule has 0 aromatic heterocycles. The molecule has 18 heavy (non-hydrogen) atoms. The zero-order valence-corrected chi connectivity index (χ0v) is 12.2. The van der Waals surface area contributed by atoms with Gasteiger partial charge in [0.15, 0.2) is 0 Å². The maximum atomic E-state index is 6.00. The average molecular weight is 271 g/mol. The Morgan fingerprint density at radius 3 is 2.67 bits per heavy atom. The highest BCUT2D eigenvalue weighted by Gasteiger charge is 2.19. The fourth-order valence-corrected chi connectivity index (χ4v) is 2.46. The molecule has 0 aliphatic carbocycles. The Balaban J connectivity index is 2.92. The van der Waals surface area contributed by atoms with Crippen molar-refractivity contribution in [1.29, 1.82) is 0 Å². The SMILES string of the molecule is CCN(CCOC)C(CN)c1ccc(Cl)cc1C. The molecule has 1 unspecified atom stereocenters. The largest absolute Gasteiger partial charge is 0.383 e. The number of rotatable bonds is 7. The lowest BCUT2D eigenvalue weighted by atomic mass is 10.00. The summed E-state index contributed by atoms with van der Waals surface area (Å²) in [5.74, 6) is 0. The molecular formula is C14H23ClN2O. The molecule has 0 spiro atoms. The minimum atomic E-state index is 0.224. The van der Waals surface area contributed by atoms with E-state index in [0.717, 1.165) is 24.7 Å². The molecule has 0 saturated carbocycles. The molecule has 0 fully saturated rings. The van der Waals surface area contributed by atoms with Crippen LogP contribution in [-0.2, 0) is 4.74 Å². The molecule has 0 bridgehead atoms. The van der Waals surface area contributed by atoms with Gasteiger partial charge in [0.25, 0.3) is 0 Å². The molecule has 0 saturated heterocycles. The van der Waals surface area contributed by atoms with Crippen molar-refractivity contribution in [2.24, 2.45) is 5.73 Å². The smallest absolute Gasteiger partial charge is 0.0589 e. The van der Waals surface area contributed by atoms with Crippen molar-refractivity contribution < 1.29 is 4.74 Å². The van der Waals surface area contributed by atoms with Crippen LogP contribution in [0.3, 0.4) is 0 Å². The van der Waals surface area contributed by atoms with Crippen LogP contribution in [0.1, 0.15) is 24.1 Å². The summed E-state index contributed by atoms with van der Waals surface area (Å²) < 4.78 is 5.15. The molecule has 0 amide bonds. The summed E-state index contributed by atoms with van der Waals surface area (Å²) in [6.45, 7) is 7.37. The highest BCUT2D eigenvalue weighted by molar-refractivity contribution is 6.30. The number of ether oxygens (including phenoxy) is 1. The lowest BCUT2D eigenvalue weighted by molar-refractivity contribution is 0.125. The van der Waals surface area contributed by atoms with Gasteiger partial charge in [0.1, 0.15) is 0 Å². The number of hydrogen-bond donors (Lipinski definition) is 1. The highest BCUT2D eigenvalue weighted by Crippen LogP contribution is 2.25. The van der Waals surface area contributed by atoms with Crippen LogP contribution in [0.25, 0.3) is 0 Å². The Labute approximate surface area is 115 Å². The van der Waals surface area contributed by atoms with E-state index in [2.05, 4.69) is 24.8 Å². The zero-order valence-electron chi connectivity index (χ0n) is 11.4. The third-order valence-electron chi connectivity index (χ3n) is 3.24. The number of halogens is 1. The van der Waals surface area contributed by atoms with Crippen LogP contribution in [0, 0.1) is 6.92 Å². The zero-order chi connectivity index (χ0) is 13.5. The Morgan fingerprint density at radius 1 is 1.44 bits per heavy atom. The van der Waals surface area contributed by atoms with Crippen LogP contribution < -0.4 is 5.73 Å². The molecule has 102 valence electrons. The summed E-state index contributed by atoms with van der Waals surface area (Å²) in [5, 5.41) is 0.770. The van der Waals surface area contributed by atoms with Crippen LogP contribution in [-0.4, -0.2) is 38.3 Å². The third kappa shape index (κ3) is 3.95. The van der Waals surface area contributed by atoms with Crippen LogP contribution in [0.15, 0.2) is 18.2 Å². The van der Waals surface area contributed by atoms with Crippen LogP contribution in [0.5, 0.6) is 0 Å². The van der Waals surface area contributed by atoms with E-state index in [9.17, 15) is 0 Å². The lowest BCUT2D eigenvalue weighted by Gasteiger charge is -2.31. The van der Waals surface area contributed by atoms with Gasteiger partial charge in [-0.3, -0.25) is 4.90 Å². The fourth-order valence-electron chi connectivity index (χ4n) is 2.23.